The fraction of sp³-hybridized carbons (Fsp3) is 1.00. The van der Waals surface area contributed by atoms with Gasteiger partial charge in [-0.15, -0.1) is 0 Å². The zero-order valence-electron chi connectivity index (χ0n) is 13.9. The summed E-state index contributed by atoms with van der Waals surface area (Å²) in [5, 5.41) is 0. The van der Waals surface area contributed by atoms with Crippen molar-refractivity contribution in [1.82, 2.24) is 0 Å². The minimum Gasteiger partial charge on any atom is -0.0625 e. The summed E-state index contributed by atoms with van der Waals surface area (Å²) in [5.74, 6) is 6.43. The van der Waals surface area contributed by atoms with Crippen molar-refractivity contribution in [3.8, 4) is 0 Å². The molecule has 6 unspecified atom stereocenters. The molecule has 0 heterocycles. The number of hydrogen-bond acceptors (Lipinski definition) is 0. The monoisotopic (exact) mass is 276 g/mol. The van der Waals surface area contributed by atoms with E-state index in [1.807, 2.05) is 0 Å². The molecule has 0 N–H and O–H groups in total. The molecule has 116 valence electrons. The third kappa shape index (κ3) is 3.60. The largest absolute Gasteiger partial charge is 0.0625 e. The number of rotatable bonds is 3. The Morgan fingerprint density at radius 1 is 0.700 bits per heavy atom. The normalized spacial score (nSPS) is 45.9. The molecule has 3 saturated carbocycles. The van der Waals surface area contributed by atoms with E-state index in [0.717, 1.165) is 35.5 Å². The second-order valence-corrected chi connectivity index (χ2v) is 8.72. The highest BCUT2D eigenvalue weighted by atomic mass is 14.4. The Morgan fingerprint density at radius 2 is 1.50 bits per heavy atom. The van der Waals surface area contributed by atoms with E-state index in [0.29, 0.717) is 0 Å². The molecule has 0 saturated heterocycles. The highest BCUT2D eigenvalue weighted by Crippen LogP contribution is 2.45. The Hall–Kier alpha value is 0. The second kappa shape index (κ2) is 6.84. The van der Waals surface area contributed by atoms with Crippen LogP contribution in [0.4, 0.5) is 0 Å². The van der Waals surface area contributed by atoms with Gasteiger partial charge >= 0.3 is 0 Å². The van der Waals surface area contributed by atoms with Gasteiger partial charge in [-0.2, -0.15) is 0 Å². The quantitative estimate of drug-likeness (QED) is 0.556. The maximum absolute atomic E-state index is 2.53. The first kappa shape index (κ1) is 14.9. The molecule has 3 aliphatic carbocycles. The van der Waals surface area contributed by atoms with E-state index in [-0.39, 0.29) is 0 Å². The molecule has 0 aliphatic heterocycles. The molecular weight excluding hydrogens is 240 g/mol. The van der Waals surface area contributed by atoms with Crippen LogP contribution in [0, 0.1) is 35.5 Å². The fourth-order valence-electron chi connectivity index (χ4n) is 5.84. The summed E-state index contributed by atoms with van der Waals surface area (Å²) in [6, 6.07) is 0. The molecule has 0 bridgehead atoms. The molecule has 0 nitrogen and oxygen atoms in total. The molecule has 0 spiro atoms. The Labute approximate surface area is 127 Å². The summed E-state index contributed by atoms with van der Waals surface area (Å²) >= 11 is 0. The average molecular weight is 277 g/mol. The molecule has 3 fully saturated rings. The van der Waals surface area contributed by atoms with Crippen LogP contribution in [0.1, 0.15) is 90.9 Å². The summed E-state index contributed by atoms with van der Waals surface area (Å²) in [5.41, 5.74) is 0. The smallest absolute Gasteiger partial charge is 0.0383 e. The third-order valence-electron chi connectivity index (χ3n) is 7.20. The van der Waals surface area contributed by atoms with Gasteiger partial charge < -0.3 is 0 Å². The molecule has 0 aromatic carbocycles. The molecule has 0 aromatic heterocycles. The van der Waals surface area contributed by atoms with Gasteiger partial charge in [-0.1, -0.05) is 58.8 Å². The first-order chi connectivity index (χ1) is 9.72. The molecule has 6 atom stereocenters. The first-order valence-corrected chi connectivity index (χ1v) is 9.72. The van der Waals surface area contributed by atoms with Gasteiger partial charge in [-0.05, 0) is 67.6 Å². The van der Waals surface area contributed by atoms with E-state index in [4.69, 9.17) is 0 Å². The van der Waals surface area contributed by atoms with Gasteiger partial charge in [0.1, 0.15) is 0 Å². The van der Waals surface area contributed by atoms with Gasteiger partial charge in [0.2, 0.25) is 0 Å². The summed E-state index contributed by atoms with van der Waals surface area (Å²) in [7, 11) is 0. The van der Waals surface area contributed by atoms with Crippen molar-refractivity contribution < 1.29 is 0 Å². The van der Waals surface area contributed by atoms with Gasteiger partial charge in [-0.3, -0.25) is 0 Å². The Balaban J connectivity index is 1.42. The van der Waals surface area contributed by atoms with Crippen molar-refractivity contribution in [2.24, 2.45) is 35.5 Å². The maximum Gasteiger partial charge on any atom is -0.0383 e. The van der Waals surface area contributed by atoms with Crippen LogP contribution in [0.3, 0.4) is 0 Å². The van der Waals surface area contributed by atoms with Gasteiger partial charge in [-0.25, -0.2) is 0 Å². The van der Waals surface area contributed by atoms with Crippen LogP contribution in [-0.2, 0) is 0 Å². The minimum absolute atomic E-state index is 0.999. The fourth-order valence-corrected chi connectivity index (χ4v) is 5.84. The zero-order chi connectivity index (χ0) is 13.9. The predicted octanol–water partition coefficient (Wildman–Crippen LogP) is 6.45. The lowest BCUT2D eigenvalue weighted by atomic mass is 9.65. The van der Waals surface area contributed by atoms with Gasteiger partial charge in [0.15, 0.2) is 0 Å². The van der Waals surface area contributed by atoms with Gasteiger partial charge in [0, 0.05) is 0 Å². The summed E-state index contributed by atoms with van der Waals surface area (Å²) in [4.78, 5) is 0. The summed E-state index contributed by atoms with van der Waals surface area (Å²) in [6.45, 7) is 4.98. The van der Waals surface area contributed by atoms with Crippen LogP contribution in [0.25, 0.3) is 0 Å². The van der Waals surface area contributed by atoms with Crippen LogP contribution >= 0.6 is 0 Å². The number of hydrogen-bond donors (Lipinski definition) is 0. The van der Waals surface area contributed by atoms with Crippen molar-refractivity contribution in [3.63, 3.8) is 0 Å². The molecule has 0 aromatic rings. The van der Waals surface area contributed by atoms with Crippen LogP contribution in [0.2, 0.25) is 0 Å². The highest BCUT2D eigenvalue weighted by molar-refractivity contribution is 4.84. The SMILES string of the molecule is CC1CCC(CCC2CCC3CCCCC3C2)C(C)C1. The van der Waals surface area contributed by atoms with E-state index in [1.54, 1.807) is 44.9 Å². The van der Waals surface area contributed by atoms with E-state index in [1.165, 1.54) is 32.1 Å². The lowest BCUT2D eigenvalue weighted by Crippen LogP contribution is -2.28. The van der Waals surface area contributed by atoms with E-state index < -0.39 is 0 Å². The predicted molar refractivity (Wildman–Crippen MR) is 87.7 cm³/mol. The van der Waals surface area contributed by atoms with Crippen molar-refractivity contribution in [1.29, 1.82) is 0 Å². The average Bonchev–Trinajstić information content (AvgIpc) is 2.46. The van der Waals surface area contributed by atoms with Crippen LogP contribution in [-0.4, -0.2) is 0 Å². The standard InChI is InChI=1S/C20H36/c1-15-7-10-18(16(2)13-15)11-8-17-9-12-19-5-3-4-6-20(19)14-17/h15-20H,3-14H2,1-2H3. The van der Waals surface area contributed by atoms with E-state index >= 15 is 0 Å². The van der Waals surface area contributed by atoms with Crippen molar-refractivity contribution in [2.45, 2.75) is 90.9 Å². The molecule has 3 aliphatic rings. The topological polar surface area (TPSA) is 0 Å². The molecule has 0 heteroatoms. The molecular formula is C20H36. The van der Waals surface area contributed by atoms with E-state index in [2.05, 4.69) is 13.8 Å². The lowest BCUT2D eigenvalue weighted by Gasteiger charge is -2.40. The minimum atomic E-state index is 0.999. The number of fused-ring (bicyclic) bond motifs is 1. The van der Waals surface area contributed by atoms with Gasteiger partial charge in [0.25, 0.3) is 0 Å². The van der Waals surface area contributed by atoms with Crippen LogP contribution < -0.4 is 0 Å². The third-order valence-corrected chi connectivity index (χ3v) is 7.20. The van der Waals surface area contributed by atoms with E-state index in [9.17, 15) is 0 Å². The highest BCUT2D eigenvalue weighted by Gasteiger charge is 2.33. The zero-order valence-corrected chi connectivity index (χ0v) is 13.9. The maximum atomic E-state index is 2.53. The van der Waals surface area contributed by atoms with Crippen molar-refractivity contribution >= 4 is 0 Å². The molecule has 3 rings (SSSR count). The van der Waals surface area contributed by atoms with Crippen molar-refractivity contribution in [3.05, 3.63) is 0 Å². The van der Waals surface area contributed by atoms with Crippen LogP contribution in [0.5, 0.6) is 0 Å². The molecule has 0 amide bonds. The van der Waals surface area contributed by atoms with Crippen LogP contribution in [0.15, 0.2) is 0 Å². The lowest BCUT2D eigenvalue weighted by molar-refractivity contribution is 0.113. The summed E-state index contributed by atoms with van der Waals surface area (Å²) < 4.78 is 0. The molecule has 0 radical (unpaired) electrons. The Bertz CT molecular complexity index is 294. The Morgan fingerprint density at radius 3 is 2.30 bits per heavy atom. The summed E-state index contributed by atoms with van der Waals surface area (Å²) in [6.07, 6.45) is 18.6. The van der Waals surface area contributed by atoms with Gasteiger partial charge in [0.05, 0.1) is 0 Å². The second-order valence-electron chi connectivity index (χ2n) is 8.72. The Kier molecular flexibility index (Phi) is 5.10. The molecule has 20 heavy (non-hydrogen) atoms. The first-order valence-electron chi connectivity index (χ1n) is 9.72. The van der Waals surface area contributed by atoms with Crippen molar-refractivity contribution in [2.75, 3.05) is 0 Å².